The number of imide groups is 1. The lowest BCUT2D eigenvalue weighted by Gasteiger charge is -2.16. The van der Waals surface area contributed by atoms with E-state index >= 15 is 0 Å². The van der Waals surface area contributed by atoms with Crippen LogP contribution in [0.2, 0.25) is 0 Å². The summed E-state index contributed by atoms with van der Waals surface area (Å²) in [5.41, 5.74) is 1.23. The van der Waals surface area contributed by atoms with Crippen LogP contribution < -0.4 is 19.7 Å². The number of carbonyl (C=O) groups excluding carboxylic acids is 3. The molecule has 1 saturated heterocycles. The van der Waals surface area contributed by atoms with Crippen molar-refractivity contribution < 1.29 is 23.9 Å². The molecule has 7 heteroatoms. The van der Waals surface area contributed by atoms with Gasteiger partial charge in [-0.1, -0.05) is 18.2 Å². The van der Waals surface area contributed by atoms with Gasteiger partial charge in [-0.3, -0.25) is 19.3 Å². The summed E-state index contributed by atoms with van der Waals surface area (Å²) < 4.78 is 10.5. The molecular weight excluding hydrogens is 384 g/mol. The number of nitrogens with one attached hydrogen (secondary N) is 1. The predicted molar refractivity (Wildman–Crippen MR) is 112 cm³/mol. The Morgan fingerprint density at radius 2 is 1.67 bits per heavy atom. The van der Waals surface area contributed by atoms with E-state index in [1.54, 1.807) is 49.6 Å². The zero-order valence-electron chi connectivity index (χ0n) is 16.8. The highest BCUT2D eigenvalue weighted by atomic mass is 16.5. The topological polar surface area (TPSA) is 84.9 Å². The van der Waals surface area contributed by atoms with E-state index in [1.807, 2.05) is 12.2 Å². The van der Waals surface area contributed by atoms with Crippen LogP contribution in [-0.4, -0.2) is 31.9 Å². The third-order valence-corrected chi connectivity index (χ3v) is 5.53. The zero-order chi connectivity index (χ0) is 21.3. The highest BCUT2D eigenvalue weighted by Crippen LogP contribution is 2.38. The maximum atomic E-state index is 12.8. The Bertz CT molecular complexity index is 1020. The third kappa shape index (κ3) is 3.43. The van der Waals surface area contributed by atoms with Crippen LogP contribution in [0.3, 0.4) is 0 Å². The maximum Gasteiger partial charge on any atom is 0.255 e. The first-order valence-electron chi connectivity index (χ1n) is 9.69. The lowest BCUT2D eigenvalue weighted by Crippen LogP contribution is -2.31. The van der Waals surface area contributed by atoms with Gasteiger partial charge in [0.05, 0.1) is 37.4 Å². The minimum atomic E-state index is -0.376. The number of amides is 3. The second kappa shape index (κ2) is 8.02. The highest BCUT2D eigenvalue weighted by molar-refractivity contribution is 6.22. The van der Waals surface area contributed by atoms with Crippen molar-refractivity contribution in [1.82, 2.24) is 0 Å². The molecule has 154 valence electrons. The number of carbonyl (C=O) groups is 3. The van der Waals surface area contributed by atoms with Gasteiger partial charge in [0.15, 0.2) is 0 Å². The fourth-order valence-corrected chi connectivity index (χ4v) is 3.94. The summed E-state index contributed by atoms with van der Waals surface area (Å²) in [5, 5.41) is 2.80. The molecule has 0 bridgehead atoms. The van der Waals surface area contributed by atoms with E-state index in [0.29, 0.717) is 41.3 Å². The van der Waals surface area contributed by atoms with Crippen molar-refractivity contribution in [2.75, 3.05) is 24.4 Å². The first-order chi connectivity index (χ1) is 14.5. The van der Waals surface area contributed by atoms with Crippen molar-refractivity contribution in [3.8, 4) is 11.5 Å². The van der Waals surface area contributed by atoms with E-state index in [0.717, 1.165) is 0 Å². The Kier molecular flexibility index (Phi) is 5.27. The first-order valence-corrected chi connectivity index (χ1v) is 9.69. The van der Waals surface area contributed by atoms with Crippen molar-refractivity contribution >= 4 is 29.1 Å². The summed E-state index contributed by atoms with van der Waals surface area (Å²) in [6.07, 6.45) is 5.04. The quantitative estimate of drug-likeness (QED) is 0.608. The van der Waals surface area contributed by atoms with Gasteiger partial charge in [0.1, 0.15) is 11.5 Å². The van der Waals surface area contributed by atoms with Crippen LogP contribution >= 0.6 is 0 Å². The largest absolute Gasteiger partial charge is 0.497 e. The van der Waals surface area contributed by atoms with Gasteiger partial charge in [-0.25, -0.2) is 0 Å². The number of benzene rings is 2. The van der Waals surface area contributed by atoms with Crippen molar-refractivity contribution in [2.24, 2.45) is 11.8 Å². The SMILES string of the molecule is COc1ccc(NC(=O)c2cccc(N3C(=O)[C@H]4CC=CC[C@@H]4C3=O)c2)c(OC)c1. The number of hydrogen-bond donors (Lipinski definition) is 1. The molecule has 0 radical (unpaired) electrons. The Labute approximate surface area is 174 Å². The summed E-state index contributed by atoms with van der Waals surface area (Å²) in [4.78, 5) is 39.7. The van der Waals surface area contributed by atoms with Gasteiger partial charge >= 0.3 is 0 Å². The highest BCUT2D eigenvalue weighted by Gasteiger charge is 2.47. The molecule has 0 spiro atoms. The van der Waals surface area contributed by atoms with Crippen molar-refractivity contribution in [1.29, 1.82) is 0 Å². The lowest BCUT2D eigenvalue weighted by molar-refractivity contribution is -0.122. The average Bonchev–Trinajstić information content (AvgIpc) is 3.04. The number of hydrogen-bond acceptors (Lipinski definition) is 5. The molecule has 1 heterocycles. The van der Waals surface area contributed by atoms with Crippen LogP contribution in [0.15, 0.2) is 54.6 Å². The first kappa shape index (κ1) is 19.7. The number of nitrogens with zero attached hydrogens (tertiary/aromatic N) is 1. The third-order valence-electron chi connectivity index (χ3n) is 5.53. The van der Waals surface area contributed by atoms with Crippen LogP contribution in [0, 0.1) is 11.8 Å². The molecule has 7 nitrogen and oxygen atoms in total. The Morgan fingerprint density at radius 1 is 0.967 bits per heavy atom. The molecule has 3 amide bonds. The van der Waals surface area contributed by atoms with E-state index in [9.17, 15) is 14.4 Å². The van der Waals surface area contributed by atoms with Gasteiger partial charge in [-0.15, -0.1) is 0 Å². The molecule has 1 aliphatic carbocycles. The van der Waals surface area contributed by atoms with E-state index < -0.39 is 0 Å². The molecule has 1 fully saturated rings. The maximum absolute atomic E-state index is 12.8. The monoisotopic (exact) mass is 406 g/mol. The standard InChI is InChI=1S/C23H22N2O5/c1-29-16-10-11-19(20(13-16)30-2)24-21(26)14-6-5-7-15(12-14)25-22(27)17-8-3-4-9-18(17)23(25)28/h3-7,10-13,17-18H,8-9H2,1-2H3,(H,24,26)/t17-,18-/m0/s1. The second-order valence-electron chi connectivity index (χ2n) is 7.24. The average molecular weight is 406 g/mol. The molecule has 2 atom stereocenters. The van der Waals surface area contributed by atoms with Crippen molar-refractivity contribution in [3.63, 3.8) is 0 Å². The molecule has 1 N–H and O–H groups in total. The van der Waals surface area contributed by atoms with E-state index in [-0.39, 0.29) is 29.6 Å². The van der Waals surface area contributed by atoms with Gasteiger partial charge < -0.3 is 14.8 Å². The van der Waals surface area contributed by atoms with Crippen LogP contribution in [0.25, 0.3) is 0 Å². The molecule has 2 aromatic carbocycles. The van der Waals surface area contributed by atoms with Crippen molar-refractivity contribution in [2.45, 2.75) is 12.8 Å². The Morgan fingerprint density at radius 3 is 2.30 bits per heavy atom. The summed E-state index contributed by atoms with van der Waals surface area (Å²) in [5.74, 6) is -0.354. The predicted octanol–water partition coefficient (Wildman–Crippen LogP) is 3.41. The molecule has 2 aromatic rings. The summed E-state index contributed by atoms with van der Waals surface area (Å²) in [7, 11) is 3.05. The van der Waals surface area contributed by atoms with E-state index in [2.05, 4.69) is 5.32 Å². The molecule has 30 heavy (non-hydrogen) atoms. The smallest absolute Gasteiger partial charge is 0.255 e. The molecule has 0 aromatic heterocycles. The van der Waals surface area contributed by atoms with Gasteiger partial charge in [-0.2, -0.15) is 0 Å². The number of fused-ring (bicyclic) bond motifs is 1. The number of allylic oxidation sites excluding steroid dienone is 2. The molecule has 2 aliphatic rings. The Balaban J connectivity index is 1.57. The second-order valence-corrected chi connectivity index (χ2v) is 7.24. The number of rotatable bonds is 5. The zero-order valence-corrected chi connectivity index (χ0v) is 16.8. The van der Waals surface area contributed by atoms with E-state index in [1.165, 1.54) is 12.0 Å². The molecular formula is C23H22N2O5. The summed E-state index contributed by atoms with van der Waals surface area (Å²) in [6, 6.07) is 11.6. The fourth-order valence-electron chi connectivity index (χ4n) is 3.94. The van der Waals surface area contributed by atoms with E-state index in [4.69, 9.17) is 9.47 Å². The number of methoxy groups -OCH3 is 2. The van der Waals surface area contributed by atoms with Gasteiger partial charge in [-0.05, 0) is 43.2 Å². The van der Waals surface area contributed by atoms with Crippen LogP contribution in [0.1, 0.15) is 23.2 Å². The molecule has 0 unspecified atom stereocenters. The molecule has 4 rings (SSSR count). The van der Waals surface area contributed by atoms with Crippen LogP contribution in [0.4, 0.5) is 11.4 Å². The van der Waals surface area contributed by atoms with Crippen LogP contribution in [-0.2, 0) is 9.59 Å². The number of anilines is 2. The Hall–Kier alpha value is -3.61. The number of ether oxygens (including phenoxy) is 2. The molecule has 1 aliphatic heterocycles. The normalized spacial score (nSPS) is 20.1. The van der Waals surface area contributed by atoms with Gasteiger partial charge in [0.25, 0.3) is 5.91 Å². The summed E-state index contributed by atoms with van der Waals surface area (Å²) >= 11 is 0. The summed E-state index contributed by atoms with van der Waals surface area (Å²) in [6.45, 7) is 0. The minimum Gasteiger partial charge on any atom is -0.497 e. The molecule has 0 saturated carbocycles. The van der Waals surface area contributed by atoms with Gasteiger partial charge in [0.2, 0.25) is 11.8 Å². The van der Waals surface area contributed by atoms with Gasteiger partial charge in [0, 0.05) is 11.6 Å². The lowest BCUT2D eigenvalue weighted by atomic mass is 9.85. The minimum absolute atomic E-state index is 0.205. The fraction of sp³-hybridized carbons (Fsp3) is 0.261. The van der Waals surface area contributed by atoms with Crippen molar-refractivity contribution in [3.05, 3.63) is 60.2 Å². The van der Waals surface area contributed by atoms with Crippen LogP contribution in [0.5, 0.6) is 11.5 Å².